The van der Waals surface area contributed by atoms with Gasteiger partial charge in [0.25, 0.3) is 5.69 Å². The third-order valence-electron chi connectivity index (χ3n) is 2.50. The number of hydrogen-bond donors (Lipinski definition) is 1. The van der Waals surface area contributed by atoms with Crippen LogP contribution in [0.1, 0.15) is 18.0 Å². The number of benzene rings is 1. The van der Waals surface area contributed by atoms with Gasteiger partial charge < -0.3 is 10.1 Å². The van der Waals surface area contributed by atoms with E-state index in [-0.39, 0.29) is 24.1 Å². The van der Waals surface area contributed by atoms with E-state index in [1.165, 1.54) is 6.07 Å². The minimum atomic E-state index is -0.494. The summed E-state index contributed by atoms with van der Waals surface area (Å²) in [4.78, 5) is 21.4. The summed E-state index contributed by atoms with van der Waals surface area (Å²) in [6, 6.07) is 4.58. The Bertz CT molecular complexity index is 483. The van der Waals surface area contributed by atoms with E-state index in [0.29, 0.717) is 23.1 Å². The molecule has 6 nitrogen and oxygen atoms in total. The lowest BCUT2D eigenvalue weighted by Crippen LogP contribution is -2.35. The van der Waals surface area contributed by atoms with Crippen LogP contribution in [-0.4, -0.2) is 17.6 Å². The highest BCUT2D eigenvalue weighted by atomic mass is 79.9. The molecule has 18 heavy (non-hydrogen) atoms. The topological polar surface area (TPSA) is 81.5 Å². The van der Waals surface area contributed by atoms with E-state index in [4.69, 9.17) is 4.74 Å². The zero-order valence-corrected chi connectivity index (χ0v) is 11.5. The largest absolute Gasteiger partial charge is 0.449 e. The Hall–Kier alpha value is -1.34. The molecule has 0 aromatic heterocycles. The highest BCUT2D eigenvalue weighted by molar-refractivity contribution is 9.10. The first-order valence-electron chi connectivity index (χ1n) is 4.95. The number of rotatable bonds is 2. The van der Waals surface area contributed by atoms with Crippen molar-refractivity contribution in [1.29, 1.82) is 0 Å². The minimum Gasteiger partial charge on any atom is -0.449 e. The third kappa shape index (κ3) is 3.11. The molecule has 1 aliphatic heterocycles. The molecule has 0 unspecified atom stereocenters. The zero-order chi connectivity index (χ0) is 12.4. The summed E-state index contributed by atoms with van der Waals surface area (Å²) in [7, 11) is 0. The summed E-state index contributed by atoms with van der Waals surface area (Å²) in [6.45, 7) is 0.320. The molecule has 0 radical (unpaired) electrons. The molecule has 2 rings (SSSR count). The lowest BCUT2D eigenvalue weighted by molar-refractivity contribution is -0.385. The standard InChI is InChI=1S/C10H9BrN2O4.ClH/c11-7-2-1-6(5-9(7)13(15)16)8-3-4-17-10(14)12-8;/h1-2,5,8H,3-4H2,(H,12,14);1H/t8-;/m0./s1. The van der Waals surface area contributed by atoms with Crippen LogP contribution in [0.15, 0.2) is 22.7 Å². The third-order valence-corrected chi connectivity index (χ3v) is 3.17. The van der Waals surface area contributed by atoms with Crippen LogP contribution in [0.3, 0.4) is 0 Å². The molecule has 1 heterocycles. The van der Waals surface area contributed by atoms with E-state index in [1.54, 1.807) is 12.1 Å². The summed E-state index contributed by atoms with van der Waals surface area (Å²) < 4.78 is 5.16. The van der Waals surface area contributed by atoms with Crippen molar-refractivity contribution in [2.45, 2.75) is 12.5 Å². The fourth-order valence-corrected chi connectivity index (χ4v) is 2.05. The first-order chi connectivity index (χ1) is 8.08. The fourth-order valence-electron chi connectivity index (χ4n) is 1.66. The molecule has 0 bridgehead atoms. The van der Waals surface area contributed by atoms with Gasteiger partial charge in [-0.15, -0.1) is 12.4 Å². The first-order valence-corrected chi connectivity index (χ1v) is 5.74. The summed E-state index contributed by atoms with van der Waals surface area (Å²) >= 11 is 3.11. The molecule has 98 valence electrons. The Kier molecular flexibility index (Phi) is 4.92. The van der Waals surface area contributed by atoms with E-state index < -0.39 is 11.0 Å². The number of ether oxygens (including phenoxy) is 1. The molecular weight excluding hydrogens is 327 g/mol. The monoisotopic (exact) mass is 336 g/mol. The molecular formula is C10H10BrClN2O4. The van der Waals surface area contributed by atoms with Crippen molar-refractivity contribution in [2.75, 3.05) is 6.61 Å². The quantitative estimate of drug-likeness (QED) is 0.664. The fraction of sp³-hybridized carbons (Fsp3) is 0.300. The number of cyclic esters (lactones) is 1. The van der Waals surface area contributed by atoms with E-state index in [2.05, 4.69) is 21.2 Å². The zero-order valence-electron chi connectivity index (χ0n) is 9.09. The summed E-state index contributed by atoms with van der Waals surface area (Å²) in [6.07, 6.45) is 0.108. The number of hydrogen-bond acceptors (Lipinski definition) is 4. The van der Waals surface area contributed by atoms with Gasteiger partial charge in [0, 0.05) is 12.5 Å². The predicted molar refractivity (Wildman–Crippen MR) is 69.9 cm³/mol. The van der Waals surface area contributed by atoms with Gasteiger partial charge in [-0.1, -0.05) is 6.07 Å². The van der Waals surface area contributed by atoms with Gasteiger partial charge in [-0.3, -0.25) is 10.1 Å². The maximum atomic E-state index is 11.1. The minimum absolute atomic E-state index is 0. The summed E-state index contributed by atoms with van der Waals surface area (Å²) in [5.41, 5.74) is 0.694. The Morgan fingerprint density at radius 1 is 1.50 bits per heavy atom. The Morgan fingerprint density at radius 2 is 2.22 bits per heavy atom. The molecule has 0 aliphatic carbocycles. The molecule has 1 saturated heterocycles. The van der Waals surface area contributed by atoms with Gasteiger partial charge in [0.2, 0.25) is 0 Å². The predicted octanol–water partition coefficient (Wildman–Crippen LogP) is 2.95. The number of carbonyl (C=O) groups excluding carboxylic acids is 1. The van der Waals surface area contributed by atoms with Crippen molar-refractivity contribution in [1.82, 2.24) is 5.32 Å². The van der Waals surface area contributed by atoms with Gasteiger partial charge in [-0.05, 0) is 27.6 Å². The van der Waals surface area contributed by atoms with Crippen LogP contribution in [-0.2, 0) is 4.74 Å². The van der Waals surface area contributed by atoms with Gasteiger partial charge in [0.1, 0.15) is 0 Å². The number of alkyl carbamates (subject to hydrolysis) is 1. The van der Waals surface area contributed by atoms with Crippen LogP contribution in [0.25, 0.3) is 0 Å². The first kappa shape index (κ1) is 14.7. The number of nitro benzene ring substituents is 1. The highest BCUT2D eigenvalue weighted by Crippen LogP contribution is 2.29. The SMILES string of the molecule is Cl.O=C1N[C@H](c2ccc(Br)c([N+](=O)[O-])c2)CCO1. The summed E-state index contributed by atoms with van der Waals surface area (Å²) in [5.74, 6) is 0. The van der Waals surface area contributed by atoms with Crippen molar-refractivity contribution in [2.24, 2.45) is 0 Å². The van der Waals surface area contributed by atoms with Crippen molar-refractivity contribution >= 4 is 40.1 Å². The Balaban J connectivity index is 0.00000162. The maximum Gasteiger partial charge on any atom is 0.407 e. The van der Waals surface area contributed by atoms with Crippen LogP contribution in [0, 0.1) is 10.1 Å². The smallest absolute Gasteiger partial charge is 0.407 e. The molecule has 0 saturated carbocycles. The molecule has 8 heteroatoms. The van der Waals surface area contributed by atoms with Crippen LogP contribution in [0.4, 0.5) is 10.5 Å². The Labute approximate surface area is 117 Å². The molecule has 1 aromatic carbocycles. The molecule has 1 aromatic rings. The lowest BCUT2D eigenvalue weighted by atomic mass is 10.0. The van der Waals surface area contributed by atoms with Gasteiger partial charge in [-0.2, -0.15) is 0 Å². The van der Waals surface area contributed by atoms with Gasteiger partial charge in [0.15, 0.2) is 0 Å². The second-order valence-corrected chi connectivity index (χ2v) is 4.44. The molecule has 0 spiro atoms. The molecule has 1 aliphatic rings. The number of nitrogens with one attached hydrogen (secondary N) is 1. The van der Waals surface area contributed by atoms with Crippen LogP contribution in [0.5, 0.6) is 0 Å². The van der Waals surface area contributed by atoms with Crippen LogP contribution in [0.2, 0.25) is 0 Å². The van der Waals surface area contributed by atoms with Gasteiger partial charge >= 0.3 is 6.09 Å². The van der Waals surface area contributed by atoms with E-state index >= 15 is 0 Å². The van der Waals surface area contributed by atoms with Crippen molar-refractivity contribution in [3.05, 3.63) is 38.3 Å². The number of nitrogens with zero attached hydrogens (tertiary/aromatic N) is 1. The summed E-state index contributed by atoms with van der Waals surface area (Å²) in [5, 5.41) is 13.4. The number of halogens is 2. The van der Waals surface area contributed by atoms with E-state index in [0.717, 1.165) is 0 Å². The lowest BCUT2D eigenvalue weighted by Gasteiger charge is -2.23. The van der Waals surface area contributed by atoms with E-state index in [9.17, 15) is 14.9 Å². The number of amides is 1. The van der Waals surface area contributed by atoms with Crippen molar-refractivity contribution < 1.29 is 14.5 Å². The van der Waals surface area contributed by atoms with Crippen LogP contribution < -0.4 is 5.32 Å². The molecule has 1 amide bonds. The van der Waals surface area contributed by atoms with Crippen LogP contribution >= 0.6 is 28.3 Å². The normalized spacial score (nSPS) is 18.3. The maximum absolute atomic E-state index is 11.1. The van der Waals surface area contributed by atoms with Crippen molar-refractivity contribution in [3.63, 3.8) is 0 Å². The second-order valence-electron chi connectivity index (χ2n) is 3.59. The van der Waals surface area contributed by atoms with Gasteiger partial charge in [0.05, 0.1) is 22.0 Å². The Morgan fingerprint density at radius 3 is 2.83 bits per heavy atom. The average Bonchev–Trinajstić information content (AvgIpc) is 2.29. The van der Waals surface area contributed by atoms with Crippen molar-refractivity contribution in [3.8, 4) is 0 Å². The number of nitro groups is 1. The van der Waals surface area contributed by atoms with Gasteiger partial charge in [-0.25, -0.2) is 4.79 Å². The second kappa shape index (κ2) is 6.01. The van der Waals surface area contributed by atoms with E-state index in [1.807, 2.05) is 0 Å². The highest BCUT2D eigenvalue weighted by Gasteiger charge is 2.23. The molecule has 1 atom stereocenters. The molecule has 1 fully saturated rings. The average molecular weight is 338 g/mol. The number of carbonyl (C=O) groups is 1. The molecule has 1 N–H and O–H groups in total.